The molecule has 0 spiro atoms. The highest BCUT2D eigenvalue weighted by Crippen LogP contribution is 2.20. The summed E-state index contributed by atoms with van der Waals surface area (Å²) in [5, 5.41) is 3.11. The van der Waals surface area contributed by atoms with Crippen LogP contribution in [0, 0.1) is 0 Å². The quantitative estimate of drug-likeness (QED) is 0.560. The molecule has 1 aromatic carbocycles. The number of aromatic nitrogens is 5. The maximum atomic E-state index is 12.7. The third kappa shape index (κ3) is 3.52. The number of carbonyl (C=O) groups excluding carboxylic acids is 1. The molecule has 29 heavy (non-hydrogen) atoms. The number of nitrogens with zero attached hydrogens (tertiary/aromatic N) is 5. The van der Waals surface area contributed by atoms with Crippen LogP contribution in [0.3, 0.4) is 0 Å². The molecule has 2 N–H and O–H groups in total. The van der Waals surface area contributed by atoms with Gasteiger partial charge < -0.3 is 15.2 Å². The molecule has 4 heterocycles. The van der Waals surface area contributed by atoms with Gasteiger partial charge in [-0.2, -0.15) is 0 Å². The summed E-state index contributed by atoms with van der Waals surface area (Å²) in [6, 6.07) is 11.2. The Morgan fingerprint density at radius 3 is 2.83 bits per heavy atom. The molecule has 0 aliphatic carbocycles. The summed E-state index contributed by atoms with van der Waals surface area (Å²) in [7, 11) is 0. The minimum Gasteiger partial charge on any atom is -0.360 e. The first-order valence-corrected chi connectivity index (χ1v) is 9.50. The number of aromatic amines is 1. The zero-order valence-electron chi connectivity index (χ0n) is 15.6. The van der Waals surface area contributed by atoms with Crippen molar-refractivity contribution in [2.45, 2.75) is 12.5 Å². The van der Waals surface area contributed by atoms with Crippen molar-refractivity contribution in [3.8, 4) is 11.4 Å². The first kappa shape index (κ1) is 17.3. The molecular formula is C21H19N7O. The Hall–Kier alpha value is -3.81. The molecule has 4 aromatic rings. The lowest BCUT2D eigenvalue weighted by molar-refractivity contribution is 0.0940. The number of hydrogen-bond donors (Lipinski definition) is 2. The van der Waals surface area contributed by atoms with E-state index in [-0.39, 0.29) is 11.9 Å². The van der Waals surface area contributed by atoms with Gasteiger partial charge in [-0.05, 0) is 42.8 Å². The Balaban J connectivity index is 1.27. The molecule has 8 heteroatoms. The van der Waals surface area contributed by atoms with Crippen LogP contribution in [0.25, 0.3) is 22.4 Å². The largest absolute Gasteiger partial charge is 0.360 e. The molecule has 1 amide bonds. The van der Waals surface area contributed by atoms with E-state index in [9.17, 15) is 4.79 Å². The fourth-order valence-electron chi connectivity index (χ4n) is 3.57. The van der Waals surface area contributed by atoms with Gasteiger partial charge in [0.2, 0.25) is 5.95 Å². The van der Waals surface area contributed by atoms with Crippen molar-refractivity contribution in [3.05, 3.63) is 66.7 Å². The highest BCUT2D eigenvalue weighted by Gasteiger charge is 2.26. The second kappa shape index (κ2) is 7.31. The molecule has 144 valence electrons. The van der Waals surface area contributed by atoms with Gasteiger partial charge in [-0.1, -0.05) is 0 Å². The molecule has 5 rings (SSSR count). The topological polar surface area (TPSA) is 99.7 Å². The van der Waals surface area contributed by atoms with Crippen LogP contribution in [0.2, 0.25) is 0 Å². The van der Waals surface area contributed by atoms with E-state index in [0.29, 0.717) is 23.6 Å². The molecule has 1 atom stereocenters. The van der Waals surface area contributed by atoms with Gasteiger partial charge in [0.1, 0.15) is 0 Å². The van der Waals surface area contributed by atoms with Crippen LogP contribution >= 0.6 is 0 Å². The highest BCUT2D eigenvalue weighted by atomic mass is 16.1. The van der Waals surface area contributed by atoms with E-state index >= 15 is 0 Å². The van der Waals surface area contributed by atoms with Gasteiger partial charge in [0.15, 0.2) is 0 Å². The van der Waals surface area contributed by atoms with Crippen molar-refractivity contribution < 1.29 is 4.79 Å². The summed E-state index contributed by atoms with van der Waals surface area (Å²) in [5.41, 5.74) is 3.88. The Labute approximate surface area is 167 Å². The number of nitrogens with one attached hydrogen (secondary N) is 2. The molecule has 1 fully saturated rings. The van der Waals surface area contributed by atoms with Gasteiger partial charge in [-0.3, -0.25) is 14.8 Å². The van der Waals surface area contributed by atoms with E-state index in [1.165, 1.54) is 0 Å². The number of hydrogen-bond acceptors (Lipinski definition) is 6. The van der Waals surface area contributed by atoms with Crippen LogP contribution in [-0.4, -0.2) is 50.0 Å². The number of anilines is 1. The number of H-pyrrole nitrogens is 1. The number of fused-ring (bicyclic) bond motifs is 1. The molecular weight excluding hydrogens is 366 g/mol. The molecule has 8 nitrogen and oxygen atoms in total. The van der Waals surface area contributed by atoms with Crippen LogP contribution in [0.4, 0.5) is 5.95 Å². The fourth-order valence-corrected chi connectivity index (χ4v) is 3.57. The summed E-state index contributed by atoms with van der Waals surface area (Å²) < 4.78 is 0. The van der Waals surface area contributed by atoms with E-state index in [2.05, 4.69) is 35.1 Å². The second-order valence-electron chi connectivity index (χ2n) is 6.99. The molecule has 0 saturated carbocycles. The van der Waals surface area contributed by atoms with Crippen LogP contribution in [0.1, 0.15) is 16.8 Å². The van der Waals surface area contributed by atoms with E-state index < -0.39 is 0 Å². The number of carbonyl (C=O) groups is 1. The van der Waals surface area contributed by atoms with Crippen LogP contribution < -0.4 is 10.2 Å². The lowest BCUT2D eigenvalue weighted by atomic mass is 10.1. The van der Waals surface area contributed by atoms with Crippen LogP contribution in [0.15, 0.2) is 61.2 Å². The first-order valence-electron chi connectivity index (χ1n) is 9.50. The lowest BCUT2D eigenvalue weighted by Gasteiger charge is -2.17. The van der Waals surface area contributed by atoms with Gasteiger partial charge in [0.05, 0.1) is 22.4 Å². The molecule has 1 unspecified atom stereocenters. The minimum absolute atomic E-state index is 0.0396. The Morgan fingerprint density at radius 2 is 1.97 bits per heavy atom. The van der Waals surface area contributed by atoms with E-state index in [1.807, 2.05) is 30.5 Å². The molecule has 1 saturated heterocycles. The number of benzene rings is 1. The molecule has 3 aromatic heterocycles. The highest BCUT2D eigenvalue weighted by molar-refractivity contribution is 5.97. The maximum Gasteiger partial charge on any atom is 0.251 e. The average molecular weight is 385 g/mol. The summed E-state index contributed by atoms with van der Waals surface area (Å²) in [5.74, 6) is 0.570. The van der Waals surface area contributed by atoms with Crippen molar-refractivity contribution in [2.24, 2.45) is 0 Å². The lowest BCUT2D eigenvalue weighted by Crippen LogP contribution is -2.37. The number of rotatable bonds is 4. The Kier molecular flexibility index (Phi) is 4.36. The van der Waals surface area contributed by atoms with Crippen molar-refractivity contribution in [1.82, 2.24) is 30.2 Å². The standard InChI is InChI=1S/C21H19N7O/c29-20(14-3-4-17-19(12-14)24-10-9-23-17)26-15-6-11-28(13-15)21-25-8-5-18(27-21)16-2-1-7-22-16/h1-5,7-10,12,15,22H,6,11,13H2,(H,26,29). The molecule has 0 radical (unpaired) electrons. The molecule has 1 aliphatic heterocycles. The minimum atomic E-state index is -0.106. The molecule has 0 bridgehead atoms. The van der Waals surface area contributed by atoms with Crippen LogP contribution in [0.5, 0.6) is 0 Å². The first-order chi connectivity index (χ1) is 14.3. The third-order valence-corrected chi connectivity index (χ3v) is 5.05. The fraction of sp³-hybridized carbons (Fsp3) is 0.190. The van der Waals surface area contributed by atoms with E-state index in [1.54, 1.807) is 30.7 Å². The van der Waals surface area contributed by atoms with Gasteiger partial charge in [0, 0.05) is 49.5 Å². The van der Waals surface area contributed by atoms with Crippen molar-refractivity contribution in [3.63, 3.8) is 0 Å². The average Bonchev–Trinajstić information content (AvgIpc) is 3.46. The Bertz CT molecular complexity index is 1160. The zero-order chi connectivity index (χ0) is 19.6. The maximum absolute atomic E-state index is 12.7. The van der Waals surface area contributed by atoms with Crippen molar-refractivity contribution in [2.75, 3.05) is 18.0 Å². The zero-order valence-corrected chi connectivity index (χ0v) is 15.6. The van der Waals surface area contributed by atoms with Gasteiger partial charge in [-0.15, -0.1) is 0 Å². The van der Waals surface area contributed by atoms with Crippen molar-refractivity contribution >= 4 is 22.9 Å². The monoisotopic (exact) mass is 385 g/mol. The van der Waals surface area contributed by atoms with Gasteiger partial charge in [-0.25, -0.2) is 9.97 Å². The van der Waals surface area contributed by atoms with Gasteiger partial charge >= 0.3 is 0 Å². The summed E-state index contributed by atoms with van der Waals surface area (Å²) in [6.07, 6.45) is 7.74. The third-order valence-electron chi connectivity index (χ3n) is 5.05. The second-order valence-corrected chi connectivity index (χ2v) is 6.99. The predicted octanol–water partition coefficient (Wildman–Crippen LogP) is 2.42. The number of amides is 1. The van der Waals surface area contributed by atoms with Gasteiger partial charge in [0.25, 0.3) is 5.91 Å². The smallest absolute Gasteiger partial charge is 0.251 e. The SMILES string of the molecule is O=C(NC1CCN(c2nccc(-c3ccc[nH]3)n2)C1)c1ccc2nccnc2c1. The van der Waals surface area contributed by atoms with Crippen LogP contribution in [-0.2, 0) is 0 Å². The van der Waals surface area contributed by atoms with E-state index in [4.69, 9.17) is 0 Å². The normalized spacial score (nSPS) is 16.3. The summed E-state index contributed by atoms with van der Waals surface area (Å²) >= 11 is 0. The summed E-state index contributed by atoms with van der Waals surface area (Å²) in [6.45, 7) is 1.47. The van der Waals surface area contributed by atoms with E-state index in [0.717, 1.165) is 29.9 Å². The summed E-state index contributed by atoms with van der Waals surface area (Å²) in [4.78, 5) is 35.5. The van der Waals surface area contributed by atoms with Crippen molar-refractivity contribution in [1.29, 1.82) is 0 Å². The molecule has 1 aliphatic rings. The Morgan fingerprint density at radius 1 is 1.07 bits per heavy atom. The predicted molar refractivity (Wildman–Crippen MR) is 109 cm³/mol.